The van der Waals surface area contributed by atoms with Gasteiger partial charge in [-0.25, -0.2) is 14.3 Å². The van der Waals surface area contributed by atoms with Crippen molar-refractivity contribution in [1.29, 1.82) is 0 Å². The van der Waals surface area contributed by atoms with Crippen LogP contribution in [0, 0.1) is 0 Å². The molecule has 0 atom stereocenters. The standard InChI is InChI=1S/C13H22N2O2/c1-3-4-5-6-7-8-9-12-14-10-11(13(16)17)15(12)2/h10H,3-9H2,1-2H3,(H,16,17)/p+1. The Morgan fingerprint density at radius 2 is 1.94 bits per heavy atom. The number of carboxylic acid groups (broad SMARTS) is 1. The van der Waals surface area contributed by atoms with Gasteiger partial charge >= 0.3 is 5.97 Å². The Balaban J connectivity index is 2.30. The number of imidazole rings is 1. The molecule has 0 fully saturated rings. The number of nitrogens with zero attached hydrogens (tertiary/aromatic N) is 1. The zero-order valence-electron chi connectivity index (χ0n) is 10.8. The molecule has 4 heteroatoms. The molecule has 0 saturated carbocycles. The molecule has 2 N–H and O–H groups in total. The van der Waals surface area contributed by atoms with Crippen LogP contribution in [-0.2, 0) is 13.5 Å². The molecule has 1 heterocycles. The molecule has 0 unspecified atom stereocenters. The lowest BCUT2D eigenvalue weighted by atomic mass is 10.1. The third kappa shape index (κ3) is 4.21. The number of H-pyrrole nitrogens is 1. The van der Waals surface area contributed by atoms with Crippen molar-refractivity contribution < 1.29 is 14.5 Å². The Morgan fingerprint density at radius 3 is 2.53 bits per heavy atom. The summed E-state index contributed by atoms with van der Waals surface area (Å²) in [6.45, 7) is 2.21. The van der Waals surface area contributed by atoms with Crippen molar-refractivity contribution in [1.82, 2.24) is 4.98 Å². The summed E-state index contributed by atoms with van der Waals surface area (Å²) < 4.78 is 1.73. The summed E-state index contributed by atoms with van der Waals surface area (Å²) in [7, 11) is 1.80. The Kier molecular flexibility index (Phi) is 5.73. The smallest absolute Gasteiger partial charge is 0.379 e. The largest absolute Gasteiger partial charge is 0.475 e. The average molecular weight is 239 g/mol. The van der Waals surface area contributed by atoms with Gasteiger partial charge in [-0.1, -0.05) is 39.0 Å². The van der Waals surface area contributed by atoms with E-state index in [4.69, 9.17) is 5.11 Å². The van der Waals surface area contributed by atoms with E-state index in [0.717, 1.165) is 18.7 Å². The van der Waals surface area contributed by atoms with Gasteiger partial charge in [-0.05, 0) is 6.42 Å². The van der Waals surface area contributed by atoms with Gasteiger partial charge in [-0.3, -0.25) is 0 Å². The fourth-order valence-corrected chi connectivity index (χ4v) is 2.01. The average Bonchev–Trinajstić information content (AvgIpc) is 2.65. The number of unbranched alkanes of at least 4 members (excludes halogenated alkanes) is 5. The van der Waals surface area contributed by atoms with Crippen LogP contribution >= 0.6 is 0 Å². The van der Waals surface area contributed by atoms with Crippen LogP contribution in [0.25, 0.3) is 0 Å². The third-order valence-corrected chi connectivity index (χ3v) is 3.13. The van der Waals surface area contributed by atoms with Gasteiger partial charge in [0.2, 0.25) is 0 Å². The topological polar surface area (TPSA) is 57.0 Å². The van der Waals surface area contributed by atoms with E-state index in [1.165, 1.54) is 32.1 Å². The second-order valence-corrected chi connectivity index (χ2v) is 4.50. The van der Waals surface area contributed by atoms with Gasteiger partial charge in [-0.2, -0.15) is 0 Å². The van der Waals surface area contributed by atoms with Crippen LogP contribution in [0.2, 0.25) is 0 Å². The van der Waals surface area contributed by atoms with E-state index in [9.17, 15) is 4.79 Å². The van der Waals surface area contributed by atoms with Gasteiger partial charge in [-0.15, -0.1) is 0 Å². The summed E-state index contributed by atoms with van der Waals surface area (Å²) in [5.74, 6) is 0.121. The number of nitrogens with one attached hydrogen (secondary N) is 1. The first kappa shape index (κ1) is 13.7. The maximum Gasteiger partial charge on any atom is 0.379 e. The van der Waals surface area contributed by atoms with Crippen LogP contribution < -0.4 is 4.57 Å². The number of carboxylic acids is 1. The molecule has 0 aliphatic rings. The van der Waals surface area contributed by atoms with Crippen LogP contribution in [0.15, 0.2) is 6.20 Å². The summed E-state index contributed by atoms with van der Waals surface area (Å²) in [5.41, 5.74) is 0.325. The van der Waals surface area contributed by atoms with E-state index in [-0.39, 0.29) is 0 Å². The van der Waals surface area contributed by atoms with Gasteiger partial charge in [0.05, 0.1) is 7.05 Å². The van der Waals surface area contributed by atoms with Gasteiger partial charge in [0.25, 0.3) is 11.5 Å². The lowest BCUT2D eigenvalue weighted by Crippen LogP contribution is -2.37. The molecule has 17 heavy (non-hydrogen) atoms. The second-order valence-electron chi connectivity index (χ2n) is 4.50. The molecule has 4 nitrogen and oxygen atoms in total. The first-order valence-corrected chi connectivity index (χ1v) is 6.46. The van der Waals surface area contributed by atoms with Crippen molar-refractivity contribution in [2.75, 3.05) is 0 Å². The van der Waals surface area contributed by atoms with E-state index in [1.54, 1.807) is 17.8 Å². The first-order chi connectivity index (χ1) is 8.16. The van der Waals surface area contributed by atoms with Crippen molar-refractivity contribution in [2.24, 2.45) is 7.05 Å². The summed E-state index contributed by atoms with van der Waals surface area (Å²) in [5, 5.41) is 8.91. The number of hydrogen-bond acceptors (Lipinski definition) is 1. The highest BCUT2D eigenvalue weighted by molar-refractivity contribution is 5.83. The Morgan fingerprint density at radius 1 is 1.29 bits per heavy atom. The van der Waals surface area contributed by atoms with Gasteiger partial charge < -0.3 is 5.11 Å². The van der Waals surface area contributed by atoms with E-state index >= 15 is 0 Å². The monoisotopic (exact) mass is 239 g/mol. The normalized spacial score (nSPS) is 10.7. The van der Waals surface area contributed by atoms with Crippen LogP contribution in [0.1, 0.15) is 61.8 Å². The van der Waals surface area contributed by atoms with Crippen LogP contribution in [0.3, 0.4) is 0 Å². The van der Waals surface area contributed by atoms with E-state index in [2.05, 4.69) is 11.9 Å². The quantitative estimate of drug-likeness (QED) is 0.541. The fourth-order valence-electron chi connectivity index (χ4n) is 2.01. The molecule has 0 amide bonds. The number of aromatic nitrogens is 2. The molecule has 1 aromatic heterocycles. The van der Waals surface area contributed by atoms with Gasteiger partial charge in [0.15, 0.2) is 0 Å². The summed E-state index contributed by atoms with van der Waals surface area (Å²) in [6.07, 6.45) is 10.0. The predicted octanol–water partition coefficient (Wildman–Crippen LogP) is 2.44. The molecule has 0 bridgehead atoms. The van der Waals surface area contributed by atoms with Crippen LogP contribution in [0.5, 0.6) is 0 Å². The lowest BCUT2D eigenvalue weighted by Gasteiger charge is -1.99. The molecule has 0 aromatic carbocycles. The lowest BCUT2D eigenvalue weighted by molar-refractivity contribution is -0.680. The summed E-state index contributed by atoms with van der Waals surface area (Å²) in [6, 6.07) is 0. The zero-order valence-corrected chi connectivity index (χ0v) is 10.8. The van der Waals surface area contributed by atoms with Gasteiger partial charge in [0, 0.05) is 6.42 Å². The Labute approximate surface area is 103 Å². The fraction of sp³-hybridized carbons (Fsp3) is 0.692. The molecule has 1 rings (SSSR count). The first-order valence-electron chi connectivity index (χ1n) is 6.46. The highest BCUT2D eigenvalue weighted by Crippen LogP contribution is 2.07. The maximum absolute atomic E-state index is 10.8. The van der Waals surface area contributed by atoms with E-state index < -0.39 is 5.97 Å². The van der Waals surface area contributed by atoms with Crippen molar-refractivity contribution in [3.63, 3.8) is 0 Å². The third-order valence-electron chi connectivity index (χ3n) is 3.13. The minimum atomic E-state index is -0.877. The van der Waals surface area contributed by atoms with Gasteiger partial charge in [0.1, 0.15) is 6.20 Å². The van der Waals surface area contributed by atoms with Crippen molar-refractivity contribution >= 4 is 5.97 Å². The van der Waals surface area contributed by atoms with Crippen molar-refractivity contribution in [3.05, 3.63) is 17.7 Å². The van der Waals surface area contributed by atoms with Crippen LogP contribution in [-0.4, -0.2) is 16.1 Å². The summed E-state index contributed by atoms with van der Waals surface area (Å²) >= 11 is 0. The molecule has 0 radical (unpaired) electrons. The molecular formula is C13H23N2O2+. The van der Waals surface area contributed by atoms with E-state index in [1.807, 2.05) is 0 Å². The zero-order chi connectivity index (χ0) is 12.7. The van der Waals surface area contributed by atoms with Crippen LogP contribution in [0.4, 0.5) is 0 Å². The minimum absolute atomic E-state index is 0.325. The molecule has 0 aliphatic carbocycles. The molecule has 0 aliphatic heterocycles. The Bertz CT molecular complexity index is 358. The maximum atomic E-state index is 10.8. The minimum Gasteiger partial charge on any atom is -0.475 e. The molecule has 0 saturated heterocycles. The molecular weight excluding hydrogens is 216 g/mol. The highest BCUT2D eigenvalue weighted by Gasteiger charge is 2.19. The molecule has 1 aromatic rings. The van der Waals surface area contributed by atoms with Crippen molar-refractivity contribution in [3.8, 4) is 0 Å². The number of hydrogen-bond donors (Lipinski definition) is 2. The van der Waals surface area contributed by atoms with Crippen molar-refractivity contribution in [2.45, 2.75) is 51.9 Å². The number of aromatic amines is 1. The second kappa shape index (κ2) is 7.09. The highest BCUT2D eigenvalue weighted by atomic mass is 16.4. The SMILES string of the molecule is CCCCCCCCc1[nH]cc(C(=O)O)[n+]1C. The number of rotatable bonds is 8. The Hall–Kier alpha value is -1.32. The molecule has 0 spiro atoms. The number of carbonyl (C=O) groups is 1. The summed E-state index contributed by atoms with van der Waals surface area (Å²) in [4.78, 5) is 13.9. The molecule has 96 valence electrons. The number of aryl methyl sites for hydroxylation is 1. The number of aromatic carboxylic acids is 1. The van der Waals surface area contributed by atoms with E-state index in [0.29, 0.717) is 5.69 Å². The predicted molar refractivity (Wildman–Crippen MR) is 66.0 cm³/mol.